The Balaban J connectivity index is 2.33. The summed E-state index contributed by atoms with van der Waals surface area (Å²) in [7, 11) is 1.59. The van der Waals surface area contributed by atoms with Gasteiger partial charge in [-0.15, -0.1) is 0 Å². The van der Waals surface area contributed by atoms with Crippen molar-refractivity contribution in [1.82, 2.24) is 10.1 Å². The number of aromatic nitrogens is 2. The van der Waals surface area contributed by atoms with Crippen LogP contribution in [0.3, 0.4) is 0 Å². The van der Waals surface area contributed by atoms with Crippen molar-refractivity contribution in [1.29, 1.82) is 0 Å². The summed E-state index contributed by atoms with van der Waals surface area (Å²) in [5.74, 6) is -0.0524. The summed E-state index contributed by atoms with van der Waals surface area (Å²) in [6, 6.07) is 6.37. The average molecular weight is 276 g/mol. The Morgan fingerprint density at radius 3 is 2.75 bits per heavy atom. The van der Waals surface area contributed by atoms with E-state index in [9.17, 15) is 4.79 Å². The highest BCUT2D eigenvalue weighted by atomic mass is 16.5. The lowest BCUT2D eigenvalue weighted by atomic mass is 10.1. The second-order valence-corrected chi connectivity index (χ2v) is 4.74. The number of methoxy groups -OCH3 is 1. The van der Waals surface area contributed by atoms with E-state index in [0.29, 0.717) is 11.4 Å². The van der Waals surface area contributed by atoms with E-state index < -0.39 is 5.97 Å². The first-order valence-electron chi connectivity index (χ1n) is 6.23. The lowest BCUT2D eigenvalue weighted by Crippen LogP contribution is -2.10. The number of aromatic carboxylic acids is 1. The van der Waals surface area contributed by atoms with Crippen LogP contribution in [0.2, 0.25) is 0 Å². The molecule has 0 saturated carbocycles. The van der Waals surface area contributed by atoms with Gasteiger partial charge in [-0.1, -0.05) is 25.1 Å². The Bertz CT molecular complexity index is 607. The van der Waals surface area contributed by atoms with Crippen molar-refractivity contribution in [3.8, 4) is 11.5 Å². The van der Waals surface area contributed by atoms with E-state index in [0.717, 1.165) is 0 Å². The smallest absolute Gasteiger partial charge is 0.335 e. The lowest BCUT2D eigenvalue weighted by Gasteiger charge is -2.14. The third-order valence-corrected chi connectivity index (χ3v) is 2.91. The molecule has 20 heavy (non-hydrogen) atoms. The van der Waals surface area contributed by atoms with E-state index in [-0.39, 0.29) is 23.5 Å². The number of hydrogen-bond acceptors (Lipinski definition) is 5. The Labute approximate surface area is 116 Å². The molecular formula is C14H16N2O4. The van der Waals surface area contributed by atoms with Crippen molar-refractivity contribution >= 4 is 5.97 Å². The molecule has 2 aromatic rings. The van der Waals surface area contributed by atoms with Crippen LogP contribution < -0.4 is 0 Å². The number of nitrogens with zero attached hydrogens (tertiary/aromatic N) is 2. The minimum atomic E-state index is -0.997. The summed E-state index contributed by atoms with van der Waals surface area (Å²) in [4.78, 5) is 15.2. The highest BCUT2D eigenvalue weighted by molar-refractivity contribution is 5.88. The molecule has 0 aliphatic rings. The van der Waals surface area contributed by atoms with Gasteiger partial charge >= 0.3 is 5.97 Å². The first-order chi connectivity index (χ1) is 9.52. The van der Waals surface area contributed by atoms with Crippen molar-refractivity contribution in [3.63, 3.8) is 0 Å². The van der Waals surface area contributed by atoms with Crippen LogP contribution >= 0.6 is 0 Å². The fraction of sp³-hybridized carbons (Fsp3) is 0.357. The maximum Gasteiger partial charge on any atom is 0.335 e. The fourth-order valence-electron chi connectivity index (χ4n) is 1.93. The molecule has 0 bridgehead atoms. The fourth-order valence-corrected chi connectivity index (χ4v) is 1.93. The molecule has 0 saturated heterocycles. The molecule has 1 aromatic carbocycles. The number of carbonyl (C=O) groups is 1. The lowest BCUT2D eigenvalue weighted by molar-refractivity contribution is 0.0556. The van der Waals surface area contributed by atoms with Crippen LogP contribution in [0.1, 0.15) is 36.1 Å². The predicted molar refractivity (Wildman–Crippen MR) is 71.3 cm³/mol. The van der Waals surface area contributed by atoms with Crippen molar-refractivity contribution in [3.05, 3.63) is 35.7 Å². The van der Waals surface area contributed by atoms with Crippen molar-refractivity contribution in [2.24, 2.45) is 5.92 Å². The number of ether oxygens (including phenoxy) is 1. The minimum Gasteiger partial charge on any atom is -0.478 e. The van der Waals surface area contributed by atoms with E-state index in [1.54, 1.807) is 19.2 Å². The molecule has 0 fully saturated rings. The second-order valence-electron chi connectivity index (χ2n) is 4.74. The quantitative estimate of drug-likeness (QED) is 0.903. The van der Waals surface area contributed by atoms with Gasteiger partial charge in [-0.05, 0) is 24.1 Å². The van der Waals surface area contributed by atoms with E-state index in [2.05, 4.69) is 10.1 Å². The molecule has 0 amide bonds. The third-order valence-electron chi connectivity index (χ3n) is 2.91. The minimum absolute atomic E-state index is 0.175. The van der Waals surface area contributed by atoms with Gasteiger partial charge in [0.05, 0.1) is 5.56 Å². The van der Waals surface area contributed by atoms with E-state index in [1.807, 2.05) is 13.8 Å². The van der Waals surface area contributed by atoms with Crippen LogP contribution in [0.15, 0.2) is 28.8 Å². The van der Waals surface area contributed by atoms with Gasteiger partial charge in [-0.3, -0.25) is 0 Å². The summed E-state index contributed by atoms with van der Waals surface area (Å²) in [6.07, 6.45) is -0.254. The normalized spacial score (nSPS) is 12.6. The summed E-state index contributed by atoms with van der Waals surface area (Å²) in [5.41, 5.74) is 0.747. The van der Waals surface area contributed by atoms with E-state index >= 15 is 0 Å². The van der Waals surface area contributed by atoms with Crippen LogP contribution in [0.25, 0.3) is 11.5 Å². The van der Waals surface area contributed by atoms with Crippen LogP contribution in [-0.2, 0) is 4.74 Å². The summed E-state index contributed by atoms with van der Waals surface area (Å²) in [6.45, 7) is 3.99. The molecule has 106 valence electrons. The van der Waals surface area contributed by atoms with Crippen molar-refractivity contribution < 1.29 is 19.2 Å². The Morgan fingerprint density at radius 1 is 1.40 bits per heavy atom. The maximum atomic E-state index is 10.9. The Kier molecular flexibility index (Phi) is 4.14. The van der Waals surface area contributed by atoms with Gasteiger partial charge in [-0.25, -0.2) is 4.79 Å². The topological polar surface area (TPSA) is 85.5 Å². The van der Waals surface area contributed by atoms with Gasteiger partial charge < -0.3 is 14.4 Å². The molecular weight excluding hydrogens is 260 g/mol. The molecule has 1 heterocycles. The second kappa shape index (κ2) is 5.83. The largest absolute Gasteiger partial charge is 0.478 e. The Hall–Kier alpha value is -2.21. The zero-order valence-electron chi connectivity index (χ0n) is 11.5. The molecule has 0 radical (unpaired) electrons. The highest BCUT2D eigenvalue weighted by Gasteiger charge is 2.22. The van der Waals surface area contributed by atoms with Gasteiger partial charge in [0.25, 0.3) is 5.89 Å². The Morgan fingerprint density at radius 2 is 2.15 bits per heavy atom. The first-order valence-corrected chi connectivity index (χ1v) is 6.23. The summed E-state index contributed by atoms with van der Waals surface area (Å²) >= 11 is 0. The molecule has 0 aliphatic carbocycles. The molecule has 6 nitrogen and oxygen atoms in total. The number of hydrogen-bond donors (Lipinski definition) is 1. The van der Waals surface area contributed by atoms with Crippen LogP contribution in [0.5, 0.6) is 0 Å². The van der Waals surface area contributed by atoms with E-state index in [4.69, 9.17) is 14.4 Å². The molecule has 0 aliphatic heterocycles. The standard InChI is InChI=1S/C14H16N2O4/c1-8(2)11(19-3)12-15-13(20-16-12)9-5-4-6-10(7-9)14(17)18/h4-8,11H,1-3H3,(H,17,18). The summed E-state index contributed by atoms with van der Waals surface area (Å²) in [5, 5.41) is 12.9. The van der Waals surface area contributed by atoms with Gasteiger partial charge in [0.15, 0.2) is 0 Å². The molecule has 1 unspecified atom stereocenters. The number of carboxylic acids is 1. The van der Waals surface area contributed by atoms with Gasteiger partial charge in [0.1, 0.15) is 6.10 Å². The maximum absolute atomic E-state index is 10.9. The van der Waals surface area contributed by atoms with Crippen molar-refractivity contribution in [2.75, 3.05) is 7.11 Å². The molecule has 2 rings (SSSR count). The van der Waals surface area contributed by atoms with Gasteiger partial charge in [0.2, 0.25) is 5.82 Å². The highest BCUT2D eigenvalue weighted by Crippen LogP contribution is 2.25. The van der Waals surface area contributed by atoms with Crippen molar-refractivity contribution in [2.45, 2.75) is 20.0 Å². The van der Waals surface area contributed by atoms with Crippen LogP contribution in [0, 0.1) is 5.92 Å². The van der Waals surface area contributed by atoms with Crippen LogP contribution in [-0.4, -0.2) is 28.3 Å². The number of carboxylic acid groups (broad SMARTS) is 1. The number of benzene rings is 1. The monoisotopic (exact) mass is 276 g/mol. The van der Waals surface area contributed by atoms with Gasteiger partial charge in [0, 0.05) is 12.7 Å². The summed E-state index contributed by atoms with van der Waals surface area (Å²) < 4.78 is 10.5. The zero-order valence-corrected chi connectivity index (χ0v) is 11.5. The molecule has 1 atom stereocenters. The molecule has 0 spiro atoms. The first kappa shape index (κ1) is 14.2. The average Bonchev–Trinajstić information content (AvgIpc) is 2.89. The predicted octanol–water partition coefficient (Wildman–Crippen LogP) is 2.78. The molecule has 1 N–H and O–H groups in total. The molecule has 6 heteroatoms. The van der Waals surface area contributed by atoms with E-state index in [1.165, 1.54) is 12.1 Å². The van der Waals surface area contributed by atoms with Crippen LogP contribution in [0.4, 0.5) is 0 Å². The SMILES string of the molecule is COC(c1noc(-c2cccc(C(=O)O)c2)n1)C(C)C. The molecule has 1 aromatic heterocycles. The third kappa shape index (κ3) is 2.85. The number of rotatable bonds is 5. The van der Waals surface area contributed by atoms with Gasteiger partial charge in [-0.2, -0.15) is 4.98 Å². The zero-order chi connectivity index (χ0) is 14.7.